The number of halogens is 2. The Morgan fingerprint density at radius 1 is 0.871 bits per heavy atom. The molecule has 2 aromatic rings. The fourth-order valence-electron chi connectivity index (χ4n) is 4.60. The van der Waals surface area contributed by atoms with Gasteiger partial charge in [-0.3, -0.25) is 0 Å². The van der Waals surface area contributed by atoms with Crippen LogP contribution in [0.1, 0.15) is 77.6 Å². The molecule has 3 heteroatoms. The van der Waals surface area contributed by atoms with E-state index in [0.29, 0.717) is 3.12 Å². The molecule has 0 N–H and O–H groups in total. The van der Waals surface area contributed by atoms with Crippen LogP contribution in [0, 0.1) is 0 Å². The van der Waals surface area contributed by atoms with Crippen LogP contribution >= 0.6 is 0 Å². The Morgan fingerprint density at radius 2 is 1.52 bits per heavy atom. The summed E-state index contributed by atoms with van der Waals surface area (Å²) < 4.78 is 2.04. The summed E-state index contributed by atoms with van der Waals surface area (Å²) in [6.07, 6.45) is 8.18. The third-order valence-corrected chi connectivity index (χ3v) is 11.4. The zero-order valence-corrected chi connectivity index (χ0v) is 24.1. The van der Waals surface area contributed by atoms with E-state index < -0.39 is 23.2 Å². The maximum Gasteiger partial charge on any atom is -1.00 e. The first-order valence-corrected chi connectivity index (χ1v) is 13.3. The molecule has 0 fully saturated rings. The van der Waals surface area contributed by atoms with Crippen LogP contribution in [0.3, 0.4) is 0 Å². The van der Waals surface area contributed by atoms with Crippen LogP contribution in [0.2, 0.25) is 3.12 Å². The number of rotatable bonds is 2. The summed E-state index contributed by atoms with van der Waals surface area (Å²) in [4.78, 5) is 0. The zero-order valence-electron chi connectivity index (χ0n) is 20.1. The second kappa shape index (κ2) is 8.97. The van der Waals surface area contributed by atoms with E-state index in [-0.39, 0.29) is 35.6 Å². The molecule has 0 saturated heterocycles. The van der Waals surface area contributed by atoms with Gasteiger partial charge in [-0.1, -0.05) is 0 Å². The van der Waals surface area contributed by atoms with Gasteiger partial charge < -0.3 is 24.8 Å². The van der Waals surface area contributed by atoms with Gasteiger partial charge in [-0.2, -0.15) is 0 Å². The van der Waals surface area contributed by atoms with Crippen molar-refractivity contribution < 1.29 is 48.0 Å². The molecule has 4 rings (SSSR count). The molecule has 0 amide bonds. The van der Waals surface area contributed by atoms with Crippen LogP contribution in [0.4, 0.5) is 0 Å². The van der Waals surface area contributed by atoms with Crippen molar-refractivity contribution in [3.05, 3.63) is 76.4 Å². The second-order valence-corrected chi connectivity index (χ2v) is 15.5. The molecule has 0 bridgehead atoms. The van der Waals surface area contributed by atoms with Crippen LogP contribution in [0.25, 0.3) is 11.1 Å². The van der Waals surface area contributed by atoms with E-state index in [4.69, 9.17) is 0 Å². The van der Waals surface area contributed by atoms with Gasteiger partial charge in [0.1, 0.15) is 0 Å². The summed E-state index contributed by atoms with van der Waals surface area (Å²) in [7, 11) is 0. The summed E-state index contributed by atoms with van der Waals surface area (Å²) in [5.41, 5.74) is 11.1. The van der Waals surface area contributed by atoms with Crippen molar-refractivity contribution in [3.8, 4) is 11.1 Å². The molecule has 1 atom stereocenters. The Bertz CT molecular complexity index is 1050. The van der Waals surface area contributed by atoms with Crippen LogP contribution in [0.15, 0.2) is 54.1 Å². The topological polar surface area (TPSA) is 0 Å². The van der Waals surface area contributed by atoms with E-state index in [0.717, 1.165) is 6.42 Å². The summed E-state index contributed by atoms with van der Waals surface area (Å²) in [6.45, 7) is 18.9. The third-order valence-electron chi connectivity index (χ3n) is 6.73. The van der Waals surface area contributed by atoms with Gasteiger partial charge in [0.2, 0.25) is 0 Å². The van der Waals surface area contributed by atoms with Crippen molar-refractivity contribution in [3.63, 3.8) is 0 Å². The molecule has 164 valence electrons. The van der Waals surface area contributed by atoms with Crippen LogP contribution < -0.4 is 28.1 Å². The summed E-state index contributed by atoms with van der Waals surface area (Å²) >= 11 is -0.875. The molecule has 1 unspecified atom stereocenters. The Balaban J connectivity index is 0.00000171. The Hall–Kier alpha value is -0.617. The molecular formula is C28H34Cl2Zr. The van der Waals surface area contributed by atoms with Crippen molar-refractivity contribution in [2.24, 2.45) is 0 Å². The van der Waals surface area contributed by atoms with Gasteiger partial charge >= 0.3 is 190 Å². The van der Waals surface area contributed by atoms with Gasteiger partial charge in [0, 0.05) is 0 Å². The van der Waals surface area contributed by atoms with Gasteiger partial charge in [0.05, 0.1) is 0 Å². The predicted molar refractivity (Wildman–Crippen MR) is 123 cm³/mol. The molecule has 0 heterocycles. The van der Waals surface area contributed by atoms with Crippen molar-refractivity contribution >= 4 is 3.27 Å². The van der Waals surface area contributed by atoms with Crippen molar-refractivity contribution in [1.82, 2.24) is 0 Å². The van der Waals surface area contributed by atoms with E-state index in [1.807, 2.05) is 0 Å². The minimum absolute atomic E-state index is 0. The minimum Gasteiger partial charge on any atom is -1.00 e. The van der Waals surface area contributed by atoms with E-state index in [1.54, 1.807) is 20.0 Å². The standard InChI is InChI=1S/C21H25.C7H9.2ClH.Zr/c1-20(2,3)16-7-9-18-14(12-16)11-15-13-17(21(4,5)6)8-10-19(15)18;1-6-4-3-5-7(6)2;;;/h7-10,12H,11H2,1-6H3;3-5H,1-2H3;2*1H;/q;;;;+2/p-2. The third kappa shape index (κ3) is 4.85. The molecule has 2 aromatic carbocycles. The van der Waals surface area contributed by atoms with Crippen LogP contribution in [-0.4, -0.2) is 0 Å². The normalized spacial score (nSPS) is 19.0. The van der Waals surface area contributed by atoms with Crippen molar-refractivity contribution in [2.75, 3.05) is 0 Å². The summed E-state index contributed by atoms with van der Waals surface area (Å²) in [5, 5.41) is 0. The molecule has 2 aliphatic carbocycles. The van der Waals surface area contributed by atoms with Gasteiger partial charge in [-0.05, 0) is 0 Å². The summed E-state index contributed by atoms with van der Waals surface area (Å²) in [5.74, 6) is 0. The van der Waals surface area contributed by atoms with E-state index in [1.165, 1.54) is 22.3 Å². The number of hydrogen-bond donors (Lipinski definition) is 0. The maximum atomic E-state index is 2.48. The van der Waals surface area contributed by atoms with Crippen LogP contribution in [-0.2, 0) is 40.5 Å². The molecule has 0 saturated carbocycles. The fraction of sp³-hybridized carbons (Fsp3) is 0.429. The number of benzene rings is 2. The number of hydrogen-bond acceptors (Lipinski definition) is 0. The smallest absolute Gasteiger partial charge is 1.00 e. The van der Waals surface area contributed by atoms with Crippen molar-refractivity contribution in [2.45, 2.75) is 75.8 Å². The van der Waals surface area contributed by atoms with E-state index in [2.05, 4.69) is 104 Å². The van der Waals surface area contributed by atoms with Gasteiger partial charge in [0.25, 0.3) is 0 Å². The quantitative estimate of drug-likeness (QED) is 0.467. The Morgan fingerprint density at radius 3 is 2.06 bits per heavy atom. The first-order chi connectivity index (χ1) is 13.4. The average Bonchev–Trinajstić information content (AvgIpc) is 3.13. The van der Waals surface area contributed by atoms with E-state index >= 15 is 0 Å². The molecule has 0 aromatic heterocycles. The molecular weight excluding hydrogens is 498 g/mol. The first kappa shape index (κ1) is 26.6. The second-order valence-electron chi connectivity index (χ2n) is 11.1. The van der Waals surface area contributed by atoms with Crippen LogP contribution in [0.5, 0.6) is 0 Å². The molecule has 0 radical (unpaired) electrons. The number of allylic oxidation sites excluding steroid dienone is 4. The average molecular weight is 533 g/mol. The first-order valence-electron chi connectivity index (χ1n) is 10.8. The van der Waals surface area contributed by atoms with E-state index in [9.17, 15) is 0 Å². The minimum atomic E-state index is -0.875. The monoisotopic (exact) mass is 530 g/mol. The largest absolute Gasteiger partial charge is 1.00 e. The maximum absolute atomic E-state index is 2.48. The fourth-order valence-corrected chi connectivity index (χ4v) is 9.38. The molecule has 0 aliphatic heterocycles. The van der Waals surface area contributed by atoms with Gasteiger partial charge in [-0.25, -0.2) is 0 Å². The molecule has 2 aliphatic rings. The SMILES string of the molecule is CC1=CC=C[C]1(C)[Zr+2][c]1c(C(C)(C)C)ccc2c1Cc1cc(C(C)(C)C)ccc1-2.[Cl-].[Cl-]. The Kier molecular flexibility index (Phi) is 7.70. The predicted octanol–water partition coefficient (Wildman–Crippen LogP) is 1.26. The number of fused-ring (bicyclic) bond motifs is 3. The zero-order chi connectivity index (χ0) is 21.2. The van der Waals surface area contributed by atoms with Crippen molar-refractivity contribution in [1.29, 1.82) is 0 Å². The molecule has 0 spiro atoms. The van der Waals surface area contributed by atoms with Gasteiger partial charge in [0.15, 0.2) is 0 Å². The molecule has 0 nitrogen and oxygen atoms in total. The molecule has 31 heavy (non-hydrogen) atoms. The summed E-state index contributed by atoms with van der Waals surface area (Å²) in [6, 6.07) is 12.1. The van der Waals surface area contributed by atoms with Gasteiger partial charge in [-0.15, -0.1) is 0 Å². The Labute approximate surface area is 213 Å².